The van der Waals surface area contributed by atoms with E-state index in [-0.39, 0.29) is 18.5 Å². The van der Waals surface area contributed by atoms with E-state index in [0.29, 0.717) is 11.4 Å². The van der Waals surface area contributed by atoms with Crippen molar-refractivity contribution in [3.05, 3.63) is 70.1 Å². The molecule has 6 heteroatoms. The van der Waals surface area contributed by atoms with Gasteiger partial charge >= 0.3 is 6.03 Å². The molecular weight excluding hydrogens is 356 g/mol. The minimum atomic E-state index is -0.525. The standard InChI is InChI=1S/C19H15ClN2O2S/c20-17-13-8-4-5-9-15(13)25-16(17)11-22-18(23)14(21-19(22)24)10-12-6-2-1-3-7-12/h1-9,14H,10-11H2,(H,21,24). The van der Waals surface area contributed by atoms with Crippen molar-refractivity contribution >= 4 is 45.0 Å². The van der Waals surface area contributed by atoms with Crippen LogP contribution in [-0.2, 0) is 17.8 Å². The Hall–Kier alpha value is -2.37. The number of carbonyl (C=O) groups is 2. The van der Waals surface area contributed by atoms with E-state index in [2.05, 4.69) is 5.32 Å². The number of rotatable bonds is 4. The first kappa shape index (κ1) is 16.1. The predicted molar refractivity (Wildman–Crippen MR) is 99.9 cm³/mol. The lowest BCUT2D eigenvalue weighted by Gasteiger charge is -2.12. The quantitative estimate of drug-likeness (QED) is 0.699. The Kier molecular flexibility index (Phi) is 4.19. The molecule has 1 aliphatic rings. The fourth-order valence-corrected chi connectivity index (χ4v) is 4.51. The first-order chi connectivity index (χ1) is 12.1. The van der Waals surface area contributed by atoms with Gasteiger partial charge in [-0.2, -0.15) is 0 Å². The maximum atomic E-state index is 12.7. The van der Waals surface area contributed by atoms with E-state index in [1.165, 1.54) is 16.2 Å². The van der Waals surface area contributed by atoms with Gasteiger partial charge in [-0.15, -0.1) is 11.3 Å². The van der Waals surface area contributed by atoms with E-state index in [0.717, 1.165) is 20.5 Å². The second-order valence-electron chi connectivity index (χ2n) is 5.95. The Morgan fingerprint density at radius 1 is 1.04 bits per heavy atom. The lowest BCUT2D eigenvalue weighted by Crippen LogP contribution is -2.32. The largest absolute Gasteiger partial charge is 0.325 e. The molecule has 2 heterocycles. The fourth-order valence-electron chi connectivity index (χ4n) is 3.02. The summed E-state index contributed by atoms with van der Waals surface area (Å²) >= 11 is 7.95. The number of hydrogen-bond acceptors (Lipinski definition) is 3. The van der Waals surface area contributed by atoms with Gasteiger partial charge in [0.05, 0.1) is 11.6 Å². The number of amides is 3. The zero-order chi connectivity index (χ0) is 17.4. The summed E-state index contributed by atoms with van der Waals surface area (Å²) in [6.07, 6.45) is 0.488. The van der Waals surface area contributed by atoms with Crippen molar-refractivity contribution in [1.29, 1.82) is 0 Å². The van der Waals surface area contributed by atoms with Crippen molar-refractivity contribution < 1.29 is 9.59 Å². The number of nitrogens with one attached hydrogen (secondary N) is 1. The van der Waals surface area contributed by atoms with Crippen molar-refractivity contribution in [2.24, 2.45) is 0 Å². The molecule has 0 spiro atoms. The van der Waals surface area contributed by atoms with Gasteiger partial charge in [-0.3, -0.25) is 9.69 Å². The number of benzene rings is 2. The van der Waals surface area contributed by atoms with Crippen LogP contribution in [0.3, 0.4) is 0 Å². The van der Waals surface area contributed by atoms with Crippen LogP contribution in [0.5, 0.6) is 0 Å². The van der Waals surface area contributed by atoms with Gasteiger partial charge in [0.15, 0.2) is 0 Å². The van der Waals surface area contributed by atoms with Crippen LogP contribution in [0.25, 0.3) is 10.1 Å². The summed E-state index contributed by atoms with van der Waals surface area (Å²) in [5.41, 5.74) is 1.02. The molecule has 1 unspecified atom stereocenters. The molecule has 4 rings (SSSR count). The fraction of sp³-hybridized carbons (Fsp3) is 0.158. The first-order valence-corrected chi connectivity index (χ1v) is 9.14. The second-order valence-corrected chi connectivity index (χ2v) is 7.47. The number of carbonyl (C=O) groups excluding carboxylic acids is 2. The zero-order valence-corrected chi connectivity index (χ0v) is 14.8. The van der Waals surface area contributed by atoms with Gasteiger partial charge in [0.1, 0.15) is 6.04 Å². The van der Waals surface area contributed by atoms with E-state index in [1.807, 2.05) is 54.6 Å². The summed E-state index contributed by atoms with van der Waals surface area (Å²) in [4.78, 5) is 27.0. The molecule has 2 aromatic carbocycles. The third-order valence-electron chi connectivity index (χ3n) is 4.29. The molecule has 0 aliphatic carbocycles. The van der Waals surface area contributed by atoms with Gasteiger partial charge in [-0.1, -0.05) is 60.1 Å². The summed E-state index contributed by atoms with van der Waals surface area (Å²) in [5, 5.41) is 4.35. The molecule has 126 valence electrons. The van der Waals surface area contributed by atoms with Gasteiger partial charge in [0.2, 0.25) is 0 Å². The third kappa shape index (κ3) is 3.01. The van der Waals surface area contributed by atoms with Crippen molar-refractivity contribution in [3.63, 3.8) is 0 Å². The third-order valence-corrected chi connectivity index (χ3v) is 5.99. The summed E-state index contributed by atoms with van der Waals surface area (Å²) in [6, 6.07) is 16.6. The smallest absolute Gasteiger partial charge is 0.325 e. The molecule has 4 nitrogen and oxygen atoms in total. The lowest BCUT2D eigenvalue weighted by molar-refractivity contribution is -0.127. The van der Waals surface area contributed by atoms with Crippen molar-refractivity contribution in [2.75, 3.05) is 0 Å². The number of hydrogen-bond donors (Lipinski definition) is 1. The molecule has 1 N–H and O–H groups in total. The Morgan fingerprint density at radius 2 is 1.76 bits per heavy atom. The molecule has 0 radical (unpaired) electrons. The Balaban J connectivity index is 1.55. The number of halogens is 1. The van der Waals surface area contributed by atoms with Gasteiger partial charge in [0.25, 0.3) is 5.91 Å². The summed E-state index contributed by atoms with van der Waals surface area (Å²) in [5.74, 6) is -0.206. The predicted octanol–water partition coefficient (Wildman–Crippen LogP) is 4.22. The molecule has 1 fully saturated rings. The molecule has 0 bridgehead atoms. The molecular formula is C19H15ClN2O2S. The molecule has 1 atom stereocenters. The van der Waals surface area contributed by atoms with E-state index in [1.54, 1.807) is 0 Å². The maximum absolute atomic E-state index is 12.7. The van der Waals surface area contributed by atoms with Gasteiger partial charge < -0.3 is 5.32 Å². The Morgan fingerprint density at radius 3 is 2.52 bits per heavy atom. The van der Waals surface area contributed by atoms with Crippen LogP contribution in [0.2, 0.25) is 5.02 Å². The molecule has 1 aromatic heterocycles. The van der Waals surface area contributed by atoms with Crippen molar-refractivity contribution in [1.82, 2.24) is 10.2 Å². The number of urea groups is 1. The molecule has 3 amide bonds. The topological polar surface area (TPSA) is 49.4 Å². The molecule has 3 aromatic rings. The maximum Gasteiger partial charge on any atom is 0.325 e. The number of imide groups is 1. The normalized spacial score (nSPS) is 17.3. The highest BCUT2D eigenvalue weighted by Gasteiger charge is 2.38. The summed E-state index contributed by atoms with van der Waals surface area (Å²) in [6.45, 7) is 0.203. The second kappa shape index (κ2) is 6.50. The number of fused-ring (bicyclic) bond motifs is 1. The molecule has 0 saturated carbocycles. The van der Waals surface area contributed by atoms with Gasteiger partial charge in [-0.25, -0.2) is 4.79 Å². The lowest BCUT2D eigenvalue weighted by atomic mass is 10.1. The first-order valence-electron chi connectivity index (χ1n) is 7.95. The van der Waals surface area contributed by atoms with E-state index >= 15 is 0 Å². The monoisotopic (exact) mass is 370 g/mol. The van der Waals surface area contributed by atoms with Crippen LogP contribution >= 0.6 is 22.9 Å². The van der Waals surface area contributed by atoms with Crippen LogP contribution in [0.4, 0.5) is 4.79 Å². The van der Waals surface area contributed by atoms with E-state index in [4.69, 9.17) is 11.6 Å². The van der Waals surface area contributed by atoms with Crippen LogP contribution in [0.15, 0.2) is 54.6 Å². The van der Waals surface area contributed by atoms with Crippen LogP contribution in [-0.4, -0.2) is 22.9 Å². The molecule has 1 saturated heterocycles. The van der Waals surface area contributed by atoms with Crippen LogP contribution < -0.4 is 5.32 Å². The zero-order valence-electron chi connectivity index (χ0n) is 13.2. The Labute approximate surface area is 154 Å². The van der Waals surface area contributed by atoms with E-state index < -0.39 is 6.04 Å². The summed E-state index contributed by atoms with van der Waals surface area (Å²) < 4.78 is 1.05. The summed E-state index contributed by atoms with van der Waals surface area (Å²) in [7, 11) is 0. The van der Waals surface area contributed by atoms with Crippen LogP contribution in [0, 0.1) is 0 Å². The number of nitrogens with zero attached hydrogens (tertiary/aromatic N) is 1. The Bertz CT molecular complexity index is 954. The highest BCUT2D eigenvalue weighted by molar-refractivity contribution is 7.19. The van der Waals surface area contributed by atoms with E-state index in [9.17, 15) is 9.59 Å². The average Bonchev–Trinajstić information content (AvgIpc) is 3.08. The van der Waals surface area contributed by atoms with Gasteiger partial charge in [0, 0.05) is 21.4 Å². The van der Waals surface area contributed by atoms with Crippen molar-refractivity contribution in [2.45, 2.75) is 19.0 Å². The SMILES string of the molecule is O=C1NC(Cc2ccccc2)C(=O)N1Cc1sc2ccccc2c1Cl. The minimum absolute atomic E-state index is 0.203. The average molecular weight is 371 g/mol. The molecule has 1 aliphatic heterocycles. The minimum Gasteiger partial charge on any atom is -0.325 e. The van der Waals surface area contributed by atoms with Gasteiger partial charge in [-0.05, 0) is 11.6 Å². The van der Waals surface area contributed by atoms with Crippen molar-refractivity contribution in [3.8, 4) is 0 Å². The highest BCUT2D eigenvalue weighted by Crippen LogP contribution is 2.36. The molecule has 25 heavy (non-hydrogen) atoms. The van der Waals surface area contributed by atoms with Crippen LogP contribution in [0.1, 0.15) is 10.4 Å². The number of thiophene rings is 1. The highest BCUT2D eigenvalue weighted by atomic mass is 35.5.